The first kappa shape index (κ1) is 16.4. The molecule has 120 valence electrons. The molecule has 0 bridgehead atoms. The lowest BCUT2D eigenvalue weighted by molar-refractivity contribution is -0.118. The van der Waals surface area contributed by atoms with Gasteiger partial charge in [-0.05, 0) is 30.2 Å². The molecule has 0 radical (unpaired) electrons. The number of halogens is 1. The lowest BCUT2D eigenvalue weighted by Gasteiger charge is -2.36. The molecule has 22 heavy (non-hydrogen) atoms. The van der Waals surface area contributed by atoms with E-state index in [9.17, 15) is 14.0 Å². The summed E-state index contributed by atoms with van der Waals surface area (Å²) in [6, 6.07) is 4.98. The van der Waals surface area contributed by atoms with Crippen LogP contribution in [0.2, 0.25) is 0 Å². The predicted molar refractivity (Wildman–Crippen MR) is 81.6 cm³/mol. The Bertz CT molecular complexity index is 577. The minimum Gasteiger partial charge on any atom is -0.383 e. The van der Waals surface area contributed by atoms with E-state index in [2.05, 4.69) is 5.32 Å². The van der Waals surface area contributed by atoms with Gasteiger partial charge in [-0.2, -0.15) is 0 Å². The van der Waals surface area contributed by atoms with Crippen LogP contribution in [0, 0.1) is 5.92 Å². The van der Waals surface area contributed by atoms with E-state index >= 15 is 0 Å². The fourth-order valence-electron chi connectivity index (χ4n) is 2.67. The monoisotopic (exact) mass is 308 g/mol. The summed E-state index contributed by atoms with van der Waals surface area (Å²) in [6.45, 7) is 3.97. The number of benzene rings is 1. The van der Waals surface area contributed by atoms with Gasteiger partial charge in [0.15, 0.2) is 6.30 Å². The molecule has 1 aliphatic rings. The number of carbonyl (C=O) groups excluding carboxylic acids is 2. The third-order valence-corrected chi connectivity index (χ3v) is 3.79. The minimum absolute atomic E-state index is 0.204. The second-order valence-electron chi connectivity index (χ2n) is 5.54. The molecule has 0 saturated heterocycles. The molecule has 0 saturated carbocycles. The van der Waals surface area contributed by atoms with Gasteiger partial charge in [0.05, 0.1) is 6.61 Å². The van der Waals surface area contributed by atoms with Gasteiger partial charge < -0.3 is 10.1 Å². The summed E-state index contributed by atoms with van der Waals surface area (Å²) in [4.78, 5) is 24.9. The van der Waals surface area contributed by atoms with Crippen molar-refractivity contribution in [2.45, 2.75) is 26.6 Å². The SMILES string of the molecule is COCCNC(=O)c1ccc2c(c1)CC(C)[C@H](F)N2C(C)=O. The number of carbonyl (C=O) groups is 2. The number of amides is 2. The number of methoxy groups -OCH3 is 1. The summed E-state index contributed by atoms with van der Waals surface area (Å²) in [5.41, 5.74) is 1.87. The van der Waals surface area contributed by atoms with Gasteiger partial charge in [-0.15, -0.1) is 0 Å². The number of hydrogen-bond donors (Lipinski definition) is 1. The van der Waals surface area contributed by atoms with Crippen LogP contribution in [0.15, 0.2) is 18.2 Å². The van der Waals surface area contributed by atoms with Crippen LogP contribution in [0.4, 0.5) is 10.1 Å². The quantitative estimate of drug-likeness (QED) is 0.683. The first-order chi connectivity index (χ1) is 10.5. The number of rotatable bonds is 4. The van der Waals surface area contributed by atoms with Crippen LogP contribution in [-0.2, 0) is 16.0 Å². The lowest BCUT2D eigenvalue weighted by Crippen LogP contribution is -2.44. The Morgan fingerprint density at radius 3 is 2.82 bits per heavy atom. The molecule has 2 rings (SSSR count). The molecule has 0 aliphatic carbocycles. The van der Waals surface area contributed by atoms with Crippen LogP contribution in [-0.4, -0.2) is 38.4 Å². The van der Waals surface area contributed by atoms with Crippen LogP contribution in [0.25, 0.3) is 0 Å². The van der Waals surface area contributed by atoms with Crippen molar-refractivity contribution in [3.63, 3.8) is 0 Å². The van der Waals surface area contributed by atoms with Gasteiger partial charge in [-0.25, -0.2) is 4.39 Å². The lowest BCUT2D eigenvalue weighted by atomic mass is 9.91. The largest absolute Gasteiger partial charge is 0.383 e. The van der Waals surface area contributed by atoms with Gasteiger partial charge in [0.2, 0.25) is 5.91 Å². The third kappa shape index (κ3) is 3.27. The number of anilines is 1. The maximum absolute atomic E-state index is 14.2. The van der Waals surface area contributed by atoms with Crippen LogP contribution in [0.1, 0.15) is 29.8 Å². The molecule has 0 spiro atoms. The molecule has 0 aromatic heterocycles. The highest BCUT2D eigenvalue weighted by molar-refractivity contribution is 5.97. The summed E-state index contributed by atoms with van der Waals surface area (Å²) < 4.78 is 19.1. The summed E-state index contributed by atoms with van der Waals surface area (Å²) in [5.74, 6) is -0.843. The number of nitrogens with zero attached hydrogens (tertiary/aromatic N) is 1. The number of hydrogen-bond acceptors (Lipinski definition) is 3. The zero-order chi connectivity index (χ0) is 16.3. The molecule has 1 heterocycles. The Morgan fingerprint density at radius 1 is 1.45 bits per heavy atom. The summed E-state index contributed by atoms with van der Waals surface area (Å²) >= 11 is 0. The van der Waals surface area contributed by atoms with Crippen molar-refractivity contribution in [1.29, 1.82) is 0 Å². The van der Waals surface area contributed by atoms with Crippen LogP contribution in [0.5, 0.6) is 0 Å². The Morgan fingerprint density at radius 2 is 2.18 bits per heavy atom. The second-order valence-corrected chi connectivity index (χ2v) is 5.54. The van der Waals surface area contributed by atoms with E-state index in [-0.39, 0.29) is 17.7 Å². The Balaban J connectivity index is 2.25. The number of nitrogens with one attached hydrogen (secondary N) is 1. The standard InChI is InChI=1S/C16H21FN2O3/c1-10-8-13-9-12(16(21)18-6-7-22-3)4-5-14(13)19(11(2)20)15(10)17/h4-5,9-10,15H,6-8H2,1-3H3,(H,18,21)/t10?,15-/m1/s1. The van der Waals surface area contributed by atoms with Crippen molar-refractivity contribution < 1.29 is 18.7 Å². The van der Waals surface area contributed by atoms with Gasteiger partial charge in [-0.1, -0.05) is 6.92 Å². The van der Waals surface area contributed by atoms with Crippen molar-refractivity contribution in [3.8, 4) is 0 Å². The van der Waals surface area contributed by atoms with Crippen LogP contribution >= 0.6 is 0 Å². The third-order valence-electron chi connectivity index (χ3n) is 3.79. The van der Waals surface area contributed by atoms with Crippen molar-refractivity contribution >= 4 is 17.5 Å². The molecule has 0 fully saturated rings. The summed E-state index contributed by atoms with van der Waals surface area (Å²) in [7, 11) is 1.57. The fourth-order valence-corrected chi connectivity index (χ4v) is 2.67. The maximum atomic E-state index is 14.2. The van der Waals surface area contributed by atoms with Gasteiger partial charge in [-0.3, -0.25) is 14.5 Å². The van der Waals surface area contributed by atoms with Crippen LogP contribution < -0.4 is 10.2 Å². The molecule has 1 unspecified atom stereocenters. The van der Waals surface area contributed by atoms with E-state index in [0.717, 1.165) is 10.5 Å². The first-order valence-electron chi connectivity index (χ1n) is 7.29. The highest BCUT2D eigenvalue weighted by Crippen LogP contribution is 2.35. The average molecular weight is 308 g/mol. The topological polar surface area (TPSA) is 58.6 Å². The van der Waals surface area contributed by atoms with Gasteiger partial charge in [0, 0.05) is 37.7 Å². The molecule has 1 N–H and O–H groups in total. The van der Waals surface area contributed by atoms with E-state index < -0.39 is 6.30 Å². The summed E-state index contributed by atoms with van der Waals surface area (Å²) in [6.07, 6.45) is -0.828. The van der Waals surface area contributed by atoms with Gasteiger partial charge in [0.1, 0.15) is 0 Å². The number of alkyl halides is 1. The highest BCUT2D eigenvalue weighted by atomic mass is 19.1. The second kappa shape index (κ2) is 6.87. The maximum Gasteiger partial charge on any atom is 0.251 e. The minimum atomic E-state index is -1.33. The van der Waals surface area contributed by atoms with Crippen molar-refractivity contribution in [1.82, 2.24) is 5.32 Å². The summed E-state index contributed by atoms with van der Waals surface area (Å²) in [5, 5.41) is 2.74. The zero-order valence-corrected chi connectivity index (χ0v) is 13.1. The molecule has 1 aliphatic heterocycles. The van der Waals surface area contributed by atoms with E-state index in [4.69, 9.17) is 4.74 Å². The Kier molecular flexibility index (Phi) is 5.13. The molecular weight excluding hydrogens is 287 g/mol. The molecule has 1 aromatic rings. The smallest absolute Gasteiger partial charge is 0.251 e. The van der Waals surface area contributed by atoms with Crippen molar-refractivity contribution in [3.05, 3.63) is 29.3 Å². The molecule has 2 atom stereocenters. The zero-order valence-electron chi connectivity index (χ0n) is 13.1. The molecule has 5 nitrogen and oxygen atoms in total. The first-order valence-corrected chi connectivity index (χ1v) is 7.29. The molecular formula is C16H21FN2O3. The van der Waals surface area contributed by atoms with Crippen molar-refractivity contribution in [2.24, 2.45) is 5.92 Å². The van der Waals surface area contributed by atoms with Crippen molar-refractivity contribution in [2.75, 3.05) is 25.2 Å². The fraction of sp³-hybridized carbons (Fsp3) is 0.500. The predicted octanol–water partition coefficient (Wildman–Crippen LogP) is 1.90. The van der Waals surface area contributed by atoms with E-state index in [1.54, 1.807) is 32.2 Å². The average Bonchev–Trinajstić information content (AvgIpc) is 2.47. The van der Waals surface area contributed by atoms with Gasteiger partial charge >= 0.3 is 0 Å². The van der Waals surface area contributed by atoms with E-state index in [1.165, 1.54) is 6.92 Å². The molecule has 2 amide bonds. The van der Waals surface area contributed by atoms with E-state index in [1.807, 2.05) is 0 Å². The number of fused-ring (bicyclic) bond motifs is 1. The van der Waals surface area contributed by atoms with E-state index in [0.29, 0.717) is 30.8 Å². The normalized spacial score (nSPS) is 20.5. The Labute approximate surface area is 129 Å². The number of ether oxygens (including phenoxy) is 1. The van der Waals surface area contributed by atoms with Gasteiger partial charge in [0.25, 0.3) is 5.91 Å². The molecule has 6 heteroatoms. The Hall–Kier alpha value is -1.95. The van der Waals surface area contributed by atoms with Crippen LogP contribution in [0.3, 0.4) is 0 Å². The molecule has 1 aromatic carbocycles. The highest BCUT2D eigenvalue weighted by Gasteiger charge is 2.34.